The average Bonchev–Trinajstić information content (AvgIpc) is 3.13. The van der Waals surface area contributed by atoms with Gasteiger partial charge in [0.05, 0.1) is 13.0 Å². The van der Waals surface area contributed by atoms with Crippen LogP contribution in [0.3, 0.4) is 0 Å². The van der Waals surface area contributed by atoms with Crippen molar-refractivity contribution in [2.75, 3.05) is 25.0 Å². The van der Waals surface area contributed by atoms with E-state index >= 15 is 0 Å². The van der Waals surface area contributed by atoms with E-state index in [-0.39, 0.29) is 24.3 Å². The number of anilines is 1. The SMILES string of the molecule is O=C(CN1CCC(NC(=O)Cc2noc3ccccc23)CC1)Nc1ccccc1. The number of piperidine rings is 1. The summed E-state index contributed by atoms with van der Waals surface area (Å²) in [4.78, 5) is 26.7. The third-order valence-corrected chi connectivity index (χ3v) is 5.16. The predicted octanol–water partition coefficient (Wildman–Crippen LogP) is 2.59. The van der Waals surface area contributed by atoms with Crippen molar-refractivity contribution in [3.05, 3.63) is 60.3 Å². The fourth-order valence-electron chi connectivity index (χ4n) is 3.66. The van der Waals surface area contributed by atoms with Crippen LogP contribution in [-0.4, -0.2) is 47.5 Å². The molecule has 2 amide bonds. The lowest BCUT2D eigenvalue weighted by Gasteiger charge is -2.31. The van der Waals surface area contributed by atoms with Gasteiger partial charge in [0, 0.05) is 30.2 Å². The van der Waals surface area contributed by atoms with Crippen molar-refractivity contribution in [1.82, 2.24) is 15.4 Å². The number of nitrogens with zero attached hydrogens (tertiary/aromatic N) is 2. The molecule has 29 heavy (non-hydrogen) atoms. The van der Waals surface area contributed by atoms with E-state index < -0.39 is 0 Å². The fraction of sp³-hybridized carbons (Fsp3) is 0.318. The zero-order valence-electron chi connectivity index (χ0n) is 16.1. The standard InChI is InChI=1S/C22H24N4O3/c27-21(14-19-18-8-4-5-9-20(18)29-25-19)23-17-10-12-26(13-11-17)15-22(28)24-16-6-2-1-3-7-16/h1-9,17H,10-15H2,(H,23,27)(H,24,28). The molecule has 0 spiro atoms. The molecule has 0 aliphatic carbocycles. The van der Waals surface area contributed by atoms with Gasteiger partial charge in [-0.05, 0) is 37.1 Å². The molecule has 2 N–H and O–H groups in total. The van der Waals surface area contributed by atoms with Crippen LogP contribution >= 0.6 is 0 Å². The second-order valence-corrected chi connectivity index (χ2v) is 7.33. The lowest BCUT2D eigenvalue weighted by atomic mass is 10.0. The van der Waals surface area contributed by atoms with Crippen LogP contribution in [0.25, 0.3) is 11.0 Å². The molecular formula is C22H24N4O3. The topological polar surface area (TPSA) is 87.5 Å². The first-order chi connectivity index (χ1) is 14.2. The highest BCUT2D eigenvalue weighted by Crippen LogP contribution is 2.18. The molecule has 0 atom stereocenters. The van der Waals surface area contributed by atoms with Gasteiger partial charge in [0.25, 0.3) is 0 Å². The quantitative estimate of drug-likeness (QED) is 0.673. The minimum absolute atomic E-state index is 0.0170. The number of rotatable bonds is 6. The number of carbonyl (C=O) groups excluding carboxylic acids is 2. The normalized spacial score (nSPS) is 15.3. The van der Waals surface area contributed by atoms with Gasteiger partial charge in [-0.15, -0.1) is 0 Å². The Bertz CT molecular complexity index is 978. The van der Waals surface area contributed by atoms with Gasteiger partial charge < -0.3 is 15.2 Å². The molecule has 7 heteroatoms. The predicted molar refractivity (Wildman–Crippen MR) is 110 cm³/mol. The maximum absolute atomic E-state index is 12.4. The molecule has 7 nitrogen and oxygen atoms in total. The largest absolute Gasteiger partial charge is 0.356 e. The molecule has 1 aromatic heterocycles. The van der Waals surface area contributed by atoms with Crippen molar-refractivity contribution in [2.45, 2.75) is 25.3 Å². The first-order valence-corrected chi connectivity index (χ1v) is 9.87. The lowest BCUT2D eigenvalue weighted by molar-refractivity contribution is -0.122. The molecule has 0 bridgehead atoms. The van der Waals surface area contributed by atoms with Gasteiger partial charge in [0.15, 0.2) is 5.58 Å². The number of aromatic nitrogens is 1. The number of nitrogens with one attached hydrogen (secondary N) is 2. The van der Waals surface area contributed by atoms with E-state index in [1.54, 1.807) is 0 Å². The Kier molecular flexibility index (Phi) is 5.86. The second kappa shape index (κ2) is 8.87. The summed E-state index contributed by atoms with van der Waals surface area (Å²) in [5, 5.41) is 10.9. The molecule has 0 radical (unpaired) electrons. The maximum atomic E-state index is 12.4. The van der Waals surface area contributed by atoms with Crippen LogP contribution in [0.15, 0.2) is 59.1 Å². The number of hydrogen-bond donors (Lipinski definition) is 2. The van der Waals surface area contributed by atoms with E-state index in [1.807, 2.05) is 54.6 Å². The Balaban J connectivity index is 1.21. The lowest BCUT2D eigenvalue weighted by Crippen LogP contribution is -2.46. The monoisotopic (exact) mass is 392 g/mol. The Labute approximate surface area is 169 Å². The first kappa shape index (κ1) is 19.1. The molecule has 1 saturated heterocycles. The highest BCUT2D eigenvalue weighted by atomic mass is 16.5. The maximum Gasteiger partial charge on any atom is 0.238 e. The average molecular weight is 392 g/mol. The van der Waals surface area contributed by atoms with Crippen molar-refractivity contribution in [2.24, 2.45) is 0 Å². The molecule has 4 rings (SSSR count). The van der Waals surface area contributed by atoms with Gasteiger partial charge in [-0.3, -0.25) is 14.5 Å². The number of hydrogen-bond acceptors (Lipinski definition) is 5. The van der Waals surface area contributed by atoms with Crippen LogP contribution < -0.4 is 10.6 Å². The number of carbonyl (C=O) groups is 2. The minimum atomic E-state index is -0.0516. The summed E-state index contributed by atoms with van der Waals surface area (Å²) in [6.07, 6.45) is 1.85. The number of likely N-dealkylation sites (tertiary alicyclic amines) is 1. The van der Waals surface area contributed by atoms with Crippen molar-refractivity contribution in [3.8, 4) is 0 Å². The first-order valence-electron chi connectivity index (χ1n) is 9.87. The van der Waals surface area contributed by atoms with E-state index in [9.17, 15) is 9.59 Å². The highest BCUT2D eigenvalue weighted by Gasteiger charge is 2.23. The van der Waals surface area contributed by atoms with E-state index in [0.29, 0.717) is 17.8 Å². The molecule has 0 unspecified atom stereocenters. The summed E-state index contributed by atoms with van der Waals surface area (Å²) in [7, 11) is 0. The van der Waals surface area contributed by atoms with Gasteiger partial charge in [0.1, 0.15) is 5.69 Å². The van der Waals surface area contributed by atoms with Crippen LogP contribution in [0.2, 0.25) is 0 Å². The molecule has 2 heterocycles. The summed E-state index contributed by atoms with van der Waals surface area (Å²) < 4.78 is 5.26. The Morgan fingerprint density at radius 2 is 1.72 bits per heavy atom. The smallest absolute Gasteiger partial charge is 0.238 e. The molecule has 1 fully saturated rings. The summed E-state index contributed by atoms with van der Waals surface area (Å²) in [5.74, 6) is -0.0686. The summed E-state index contributed by atoms with van der Waals surface area (Å²) in [5.41, 5.74) is 2.16. The van der Waals surface area contributed by atoms with E-state index in [0.717, 1.165) is 37.0 Å². The number of benzene rings is 2. The van der Waals surface area contributed by atoms with Gasteiger partial charge in [0.2, 0.25) is 11.8 Å². The number of para-hydroxylation sites is 2. The summed E-state index contributed by atoms with van der Waals surface area (Å²) in [6.45, 7) is 1.92. The number of fused-ring (bicyclic) bond motifs is 1. The Hall–Kier alpha value is -3.19. The molecule has 150 valence electrons. The van der Waals surface area contributed by atoms with E-state index in [4.69, 9.17) is 4.52 Å². The van der Waals surface area contributed by atoms with E-state index in [2.05, 4.69) is 20.7 Å². The van der Waals surface area contributed by atoms with Gasteiger partial charge in [-0.2, -0.15) is 0 Å². The Morgan fingerprint density at radius 3 is 2.52 bits per heavy atom. The zero-order valence-corrected chi connectivity index (χ0v) is 16.1. The van der Waals surface area contributed by atoms with Crippen LogP contribution in [-0.2, 0) is 16.0 Å². The summed E-state index contributed by atoms with van der Waals surface area (Å²) in [6, 6.07) is 17.1. The molecule has 1 aliphatic heterocycles. The third kappa shape index (κ3) is 5.00. The minimum Gasteiger partial charge on any atom is -0.356 e. The second-order valence-electron chi connectivity index (χ2n) is 7.33. The van der Waals surface area contributed by atoms with E-state index in [1.165, 1.54) is 0 Å². The van der Waals surface area contributed by atoms with Crippen LogP contribution in [0, 0.1) is 0 Å². The molecular weight excluding hydrogens is 368 g/mol. The van der Waals surface area contributed by atoms with Crippen molar-refractivity contribution in [1.29, 1.82) is 0 Å². The highest BCUT2D eigenvalue weighted by molar-refractivity contribution is 5.92. The van der Waals surface area contributed by atoms with Gasteiger partial charge in [-0.1, -0.05) is 35.5 Å². The van der Waals surface area contributed by atoms with Gasteiger partial charge in [-0.25, -0.2) is 0 Å². The van der Waals surface area contributed by atoms with Crippen molar-refractivity contribution < 1.29 is 14.1 Å². The molecule has 2 aromatic carbocycles. The Morgan fingerprint density at radius 1 is 1.00 bits per heavy atom. The van der Waals surface area contributed by atoms with Crippen LogP contribution in [0.4, 0.5) is 5.69 Å². The zero-order chi connectivity index (χ0) is 20.1. The van der Waals surface area contributed by atoms with Crippen molar-refractivity contribution >= 4 is 28.5 Å². The number of amides is 2. The molecule has 0 saturated carbocycles. The molecule has 3 aromatic rings. The summed E-state index contributed by atoms with van der Waals surface area (Å²) >= 11 is 0. The van der Waals surface area contributed by atoms with Crippen molar-refractivity contribution in [3.63, 3.8) is 0 Å². The van der Waals surface area contributed by atoms with Gasteiger partial charge >= 0.3 is 0 Å². The van der Waals surface area contributed by atoms with Crippen LogP contribution in [0.1, 0.15) is 18.5 Å². The third-order valence-electron chi connectivity index (χ3n) is 5.16. The fourth-order valence-corrected chi connectivity index (χ4v) is 3.66. The van der Waals surface area contributed by atoms with Crippen LogP contribution in [0.5, 0.6) is 0 Å². The molecule has 1 aliphatic rings.